The first-order valence-corrected chi connectivity index (χ1v) is 8.76. The van der Waals surface area contributed by atoms with Crippen LogP contribution in [-0.4, -0.2) is 44.6 Å². The van der Waals surface area contributed by atoms with Crippen molar-refractivity contribution in [1.82, 2.24) is 10.2 Å². The summed E-state index contributed by atoms with van der Waals surface area (Å²) in [5, 5.41) is 3.19. The van der Waals surface area contributed by atoms with Crippen LogP contribution < -0.4 is 14.8 Å². The first-order valence-electron chi connectivity index (χ1n) is 8.76. The molecule has 4 nitrogen and oxygen atoms in total. The average Bonchev–Trinajstić information content (AvgIpc) is 2.68. The van der Waals surface area contributed by atoms with Crippen LogP contribution in [0.1, 0.15) is 17.2 Å². The van der Waals surface area contributed by atoms with Gasteiger partial charge in [-0.2, -0.15) is 0 Å². The lowest BCUT2D eigenvalue weighted by atomic mass is 10.0. The highest BCUT2D eigenvalue weighted by Crippen LogP contribution is 2.35. The number of nitrogens with zero attached hydrogens (tertiary/aromatic N) is 1. The van der Waals surface area contributed by atoms with Gasteiger partial charge in [-0.25, -0.2) is 8.78 Å². The molecule has 1 saturated heterocycles. The fraction of sp³-hybridized carbons (Fsp3) is 0.400. The monoisotopic (exact) mass is 434 g/mol. The summed E-state index contributed by atoms with van der Waals surface area (Å²) in [6, 6.07) is 13.9. The maximum atomic E-state index is 13.7. The van der Waals surface area contributed by atoms with Crippen molar-refractivity contribution in [3.63, 3.8) is 0 Å². The molecular formula is C20H26Cl2F2N2O2. The second kappa shape index (κ2) is 12.1. The van der Waals surface area contributed by atoms with Gasteiger partial charge in [-0.05, 0) is 23.3 Å². The first-order chi connectivity index (χ1) is 12.7. The molecule has 1 atom stereocenters. The molecule has 1 heterocycles. The van der Waals surface area contributed by atoms with E-state index in [2.05, 4.69) is 5.32 Å². The molecule has 1 fully saturated rings. The average molecular weight is 435 g/mol. The molecular weight excluding hydrogens is 409 g/mol. The van der Waals surface area contributed by atoms with Crippen molar-refractivity contribution in [2.75, 3.05) is 33.3 Å². The highest BCUT2D eigenvalue weighted by molar-refractivity contribution is 5.85. The van der Waals surface area contributed by atoms with Crippen LogP contribution in [0.5, 0.6) is 11.5 Å². The summed E-state index contributed by atoms with van der Waals surface area (Å²) < 4.78 is 38.7. The first kappa shape index (κ1) is 24.4. The Morgan fingerprint density at radius 3 is 2.29 bits per heavy atom. The lowest BCUT2D eigenvalue weighted by Gasteiger charge is -2.34. The summed E-state index contributed by atoms with van der Waals surface area (Å²) in [5.41, 5.74) is 1.58. The SMILES string of the molecule is COc1cc([C@H](C(F)F)N2CCNCC2)ccc1OCc1ccccc1.Cl.Cl. The van der Waals surface area contributed by atoms with Gasteiger partial charge in [0, 0.05) is 26.2 Å². The number of hydrogen-bond acceptors (Lipinski definition) is 4. The fourth-order valence-corrected chi connectivity index (χ4v) is 3.20. The number of hydrogen-bond donors (Lipinski definition) is 1. The summed E-state index contributed by atoms with van der Waals surface area (Å²) >= 11 is 0. The molecule has 2 aromatic carbocycles. The lowest BCUT2D eigenvalue weighted by molar-refractivity contribution is 0.0180. The summed E-state index contributed by atoms with van der Waals surface area (Å²) in [7, 11) is 1.52. The Kier molecular flexibility index (Phi) is 10.5. The number of rotatable bonds is 7. The smallest absolute Gasteiger partial charge is 0.258 e. The molecule has 0 spiro atoms. The predicted molar refractivity (Wildman–Crippen MR) is 111 cm³/mol. The molecule has 0 aromatic heterocycles. The third-order valence-corrected chi connectivity index (χ3v) is 4.55. The molecule has 0 radical (unpaired) electrons. The van der Waals surface area contributed by atoms with Crippen molar-refractivity contribution >= 4 is 24.8 Å². The molecule has 3 rings (SSSR count). The molecule has 156 valence electrons. The number of ether oxygens (including phenoxy) is 2. The van der Waals surface area contributed by atoms with Crippen molar-refractivity contribution in [3.05, 3.63) is 59.7 Å². The van der Waals surface area contributed by atoms with E-state index in [9.17, 15) is 8.78 Å². The predicted octanol–water partition coefficient (Wildman–Crippen LogP) is 4.33. The number of nitrogens with one attached hydrogen (secondary N) is 1. The number of methoxy groups -OCH3 is 1. The summed E-state index contributed by atoms with van der Waals surface area (Å²) in [5.74, 6) is 1.02. The maximum absolute atomic E-state index is 13.7. The van der Waals surface area contributed by atoms with Crippen LogP contribution in [0.2, 0.25) is 0 Å². The van der Waals surface area contributed by atoms with E-state index in [1.54, 1.807) is 18.2 Å². The minimum atomic E-state index is -2.46. The van der Waals surface area contributed by atoms with Gasteiger partial charge in [-0.3, -0.25) is 4.90 Å². The van der Waals surface area contributed by atoms with E-state index in [1.165, 1.54) is 7.11 Å². The van der Waals surface area contributed by atoms with Crippen LogP contribution in [0.3, 0.4) is 0 Å². The Bertz CT molecular complexity index is 702. The van der Waals surface area contributed by atoms with Gasteiger partial charge in [-0.15, -0.1) is 24.8 Å². The quantitative estimate of drug-likeness (QED) is 0.702. The van der Waals surface area contributed by atoms with Gasteiger partial charge in [0.15, 0.2) is 11.5 Å². The van der Waals surface area contributed by atoms with Gasteiger partial charge in [0.25, 0.3) is 6.43 Å². The van der Waals surface area contributed by atoms with Gasteiger partial charge in [-0.1, -0.05) is 36.4 Å². The zero-order valence-electron chi connectivity index (χ0n) is 15.6. The zero-order valence-corrected chi connectivity index (χ0v) is 17.3. The molecule has 28 heavy (non-hydrogen) atoms. The normalized spacial score (nSPS) is 15.3. The number of alkyl halides is 2. The van der Waals surface area contributed by atoms with E-state index in [0.717, 1.165) is 18.7 Å². The molecule has 2 aromatic rings. The maximum Gasteiger partial charge on any atom is 0.258 e. The molecule has 0 saturated carbocycles. The van der Waals surface area contributed by atoms with E-state index in [0.29, 0.717) is 36.8 Å². The fourth-order valence-electron chi connectivity index (χ4n) is 3.20. The molecule has 0 aliphatic carbocycles. The Labute approximate surface area is 177 Å². The third-order valence-electron chi connectivity index (χ3n) is 4.55. The number of benzene rings is 2. The Morgan fingerprint density at radius 1 is 1.00 bits per heavy atom. The van der Waals surface area contributed by atoms with E-state index in [-0.39, 0.29) is 24.8 Å². The third kappa shape index (κ3) is 6.21. The molecule has 1 aliphatic rings. The molecule has 1 N–H and O–H groups in total. The number of piperazine rings is 1. The molecule has 1 aliphatic heterocycles. The molecule has 0 bridgehead atoms. The lowest BCUT2D eigenvalue weighted by Crippen LogP contribution is -2.46. The van der Waals surface area contributed by atoms with Gasteiger partial charge in [0.2, 0.25) is 0 Å². The second-order valence-corrected chi connectivity index (χ2v) is 6.25. The zero-order chi connectivity index (χ0) is 18.4. The topological polar surface area (TPSA) is 33.7 Å². The second-order valence-electron chi connectivity index (χ2n) is 6.25. The summed E-state index contributed by atoms with van der Waals surface area (Å²) in [6.45, 7) is 3.04. The largest absolute Gasteiger partial charge is 0.493 e. The van der Waals surface area contributed by atoms with Crippen molar-refractivity contribution in [1.29, 1.82) is 0 Å². The van der Waals surface area contributed by atoms with E-state index in [1.807, 2.05) is 35.2 Å². The van der Waals surface area contributed by atoms with Crippen LogP contribution in [0, 0.1) is 0 Å². The molecule has 8 heteroatoms. The molecule has 0 amide bonds. The van der Waals surface area contributed by atoms with Crippen LogP contribution in [-0.2, 0) is 6.61 Å². The van der Waals surface area contributed by atoms with Crippen LogP contribution >= 0.6 is 24.8 Å². The standard InChI is InChI=1S/C20H24F2N2O2.2ClH/c1-25-18-13-16(19(20(21)22)24-11-9-23-10-12-24)7-8-17(18)26-14-15-5-3-2-4-6-15;;/h2-8,13,19-20,23H,9-12,14H2,1H3;2*1H/t19-;;/m1../s1. The van der Waals surface area contributed by atoms with E-state index < -0.39 is 12.5 Å². The van der Waals surface area contributed by atoms with Crippen molar-refractivity contribution < 1.29 is 18.3 Å². The van der Waals surface area contributed by atoms with E-state index >= 15 is 0 Å². The Hall–Kier alpha value is -1.60. The van der Waals surface area contributed by atoms with Crippen LogP contribution in [0.25, 0.3) is 0 Å². The minimum Gasteiger partial charge on any atom is -0.493 e. The van der Waals surface area contributed by atoms with Crippen molar-refractivity contribution in [2.45, 2.75) is 19.1 Å². The van der Waals surface area contributed by atoms with Crippen LogP contribution in [0.15, 0.2) is 48.5 Å². The highest BCUT2D eigenvalue weighted by Gasteiger charge is 2.30. The minimum absolute atomic E-state index is 0. The number of halogens is 4. The van der Waals surface area contributed by atoms with Gasteiger partial charge in [0.05, 0.1) is 13.2 Å². The Balaban J connectivity index is 0.00000196. The van der Waals surface area contributed by atoms with Crippen molar-refractivity contribution in [3.8, 4) is 11.5 Å². The van der Waals surface area contributed by atoms with Crippen LogP contribution in [0.4, 0.5) is 8.78 Å². The summed E-state index contributed by atoms with van der Waals surface area (Å²) in [4.78, 5) is 1.82. The highest BCUT2D eigenvalue weighted by atomic mass is 35.5. The van der Waals surface area contributed by atoms with E-state index in [4.69, 9.17) is 9.47 Å². The Morgan fingerprint density at radius 2 is 1.68 bits per heavy atom. The van der Waals surface area contributed by atoms with Crippen molar-refractivity contribution in [2.24, 2.45) is 0 Å². The molecule has 0 unspecified atom stereocenters. The van der Waals surface area contributed by atoms with Gasteiger partial charge < -0.3 is 14.8 Å². The van der Waals surface area contributed by atoms with Gasteiger partial charge >= 0.3 is 0 Å². The van der Waals surface area contributed by atoms with Gasteiger partial charge in [0.1, 0.15) is 6.61 Å². The summed E-state index contributed by atoms with van der Waals surface area (Å²) in [6.07, 6.45) is -2.46.